The molecule has 0 saturated heterocycles. The molecule has 0 atom stereocenters. The first-order valence-electron chi connectivity index (χ1n) is 5.64. The van der Waals surface area contributed by atoms with Crippen molar-refractivity contribution in [3.05, 3.63) is 54.9 Å². The molecule has 20 heavy (non-hydrogen) atoms. The van der Waals surface area contributed by atoms with Crippen molar-refractivity contribution in [3.8, 4) is 5.75 Å². The molecule has 0 aromatic heterocycles. The molecule has 0 radical (unpaired) electrons. The normalized spacial score (nSPS) is 10.4. The average Bonchev–Trinajstić information content (AvgIpc) is 2.42. The molecular formula is C14H10Br3NO2. The predicted molar refractivity (Wildman–Crippen MR) is 90.3 cm³/mol. The summed E-state index contributed by atoms with van der Waals surface area (Å²) in [6, 6.07) is 8.97. The number of aryl methyl sites for hydroxylation is 1. The van der Waals surface area contributed by atoms with Gasteiger partial charge in [0.05, 0.1) is 19.1 Å². The lowest BCUT2D eigenvalue weighted by Crippen LogP contribution is -2.12. The maximum atomic E-state index is 12.2. The number of aromatic hydroxyl groups is 1. The molecule has 0 bridgehead atoms. The summed E-state index contributed by atoms with van der Waals surface area (Å²) in [5.74, 6) is -0.135. The Bertz CT molecular complexity index is 686. The summed E-state index contributed by atoms with van der Waals surface area (Å²) in [6.45, 7) is 1.93. The third-order valence-corrected chi connectivity index (χ3v) is 5.40. The fourth-order valence-corrected chi connectivity index (χ4v) is 3.18. The molecule has 2 N–H and O–H groups in total. The first kappa shape index (κ1) is 15.5. The maximum Gasteiger partial charge on any atom is 0.255 e. The molecule has 0 heterocycles. The van der Waals surface area contributed by atoms with Crippen LogP contribution in [0.5, 0.6) is 5.75 Å². The van der Waals surface area contributed by atoms with Crippen molar-refractivity contribution in [1.29, 1.82) is 0 Å². The number of phenols is 1. The second-order valence-corrected chi connectivity index (χ2v) is 6.65. The fraction of sp³-hybridized carbons (Fsp3) is 0.0714. The minimum absolute atomic E-state index is 0.0745. The third kappa shape index (κ3) is 3.24. The Labute approximate surface area is 141 Å². The average molecular weight is 464 g/mol. The molecule has 0 aliphatic carbocycles. The second kappa shape index (κ2) is 6.28. The lowest BCUT2D eigenvalue weighted by Gasteiger charge is -2.11. The number of halogens is 3. The molecule has 2 rings (SSSR count). The fourth-order valence-electron chi connectivity index (χ4n) is 1.66. The molecular weight excluding hydrogens is 454 g/mol. The summed E-state index contributed by atoms with van der Waals surface area (Å²) < 4.78 is 1.55. The minimum Gasteiger partial charge on any atom is -0.506 e. The van der Waals surface area contributed by atoms with Gasteiger partial charge < -0.3 is 10.4 Å². The van der Waals surface area contributed by atoms with Crippen LogP contribution in [0.2, 0.25) is 0 Å². The molecule has 2 aromatic carbocycles. The maximum absolute atomic E-state index is 12.2. The number of carbonyl (C=O) groups is 1. The van der Waals surface area contributed by atoms with E-state index in [4.69, 9.17) is 0 Å². The van der Waals surface area contributed by atoms with E-state index < -0.39 is 0 Å². The van der Waals surface area contributed by atoms with E-state index in [2.05, 4.69) is 53.1 Å². The Kier molecular flexibility index (Phi) is 4.88. The minimum atomic E-state index is -0.209. The van der Waals surface area contributed by atoms with E-state index in [1.165, 1.54) is 0 Å². The van der Waals surface area contributed by atoms with E-state index in [0.717, 1.165) is 5.56 Å². The highest BCUT2D eigenvalue weighted by Crippen LogP contribution is 2.42. The van der Waals surface area contributed by atoms with Gasteiger partial charge >= 0.3 is 0 Å². The molecule has 6 heteroatoms. The first-order chi connectivity index (χ1) is 9.40. The Morgan fingerprint density at radius 2 is 1.85 bits per heavy atom. The van der Waals surface area contributed by atoms with Crippen molar-refractivity contribution in [2.45, 2.75) is 6.92 Å². The van der Waals surface area contributed by atoms with Gasteiger partial charge in [0.15, 0.2) is 0 Å². The zero-order valence-corrected chi connectivity index (χ0v) is 15.1. The molecule has 0 aliphatic rings. The third-order valence-electron chi connectivity index (χ3n) is 2.66. The van der Waals surface area contributed by atoms with Crippen LogP contribution >= 0.6 is 47.8 Å². The summed E-state index contributed by atoms with van der Waals surface area (Å²) in [5, 5.41) is 12.6. The van der Waals surface area contributed by atoms with Gasteiger partial charge in [0.25, 0.3) is 5.91 Å². The summed E-state index contributed by atoms with van der Waals surface area (Å²) in [5.41, 5.74) is 2.16. The van der Waals surface area contributed by atoms with Gasteiger partial charge in [-0.25, -0.2) is 0 Å². The number of hydrogen-bond donors (Lipinski definition) is 2. The number of hydrogen-bond acceptors (Lipinski definition) is 2. The molecule has 104 valence electrons. The zero-order chi connectivity index (χ0) is 14.9. The number of carbonyl (C=O) groups excluding carboxylic acids is 1. The lowest BCUT2D eigenvalue weighted by molar-refractivity contribution is 0.102. The lowest BCUT2D eigenvalue weighted by atomic mass is 10.1. The number of rotatable bonds is 2. The highest BCUT2D eigenvalue weighted by atomic mass is 79.9. The van der Waals surface area contributed by atoms with Crippen LogP contribution in [-0.2, 0) is 0 Å². The summed E-state index contributed by atoms with van der Waals surface area (Å²) in [4.78, 5) is 12.2. The molecule has 0 saturated carbocycles. The predicted octanol–water partition coefficient (Wildman–Crippen LogP) is 5.24. The van der Waals surface area contributed by atoms with Gasteiger partial charge in [-0.2, -0.15) is 0 Å². The van der Waals surface area contributed by atoms with Gasteiger partial charge in [-0.1, -0.05) is 17.7 Å². The van der Waals surface area contributed by atoms with Crippen molar-refractivity contribution in [2.75, 3.05) is 5.32 Å². The van der Waals surface area contributed by atoms with Crippen LogP contribution in [0.25, 0.3) is 0 Å². The first-order valence-corrected chi connectivity index (χ1v) is 8.02. The quantitative estimate of drug-likeness (QED) is 0.472. The van der Waals surface area contributed by atoms with E-state index in [9.17, 15) is 9.90 Å². The zero-order valence-electron chi connectivity index (χ0n) is 10.4. The van der Waals surface area contributed by atoms with Gasteiger partial charge in [-0.3, -0.25) is 4.79 Å². The van der Waals surface area contributed by atoms with Crippen LogP contribution in [0.4, 0.5) is 5.69 Å². The molecule has 0 aliphatic heterocycles. The van der Waals surface area contributed by atoms with Crippen LogP contribution in [0.15, 0.2) is 43.7 Å². The van der Waals surface area contributed by atoms with Crippen LogP contribution < -0.4 is 5.32 Å². The summed E-state index contributed by atoms with van der Waals surface area (Å²) in [7, 11) is 0. The Morgan fingerprint density at radius 1 is 1.15 bits per heavy atom. The molecule has 1 amide bonds. The molecule has 0 spiro atoms. The number of phenolic OH excluding ortho intramolecular Hbond substituents is 1. The van der Waals surface area contributed by atoms with E-state index in [-0.39, 0.29) is 11.7 Å². The summed E-state index contributed by atoms with van der Waals surface area (Å²) >= 11 is 9.84. The van der Waals surface area contributed by atoms with Crippen LogP contribution in [0.3, 0.4) is 0 Å². The topological polar surface area (TPSA) is 49.3 Å². The number of benzene rings is 2. The standard InChI is InChI=1S/C14H10Br3NO2/c1-7-3-2-4-8(5-7)14(20)18-10-6-9(15)13(19)12(17)11(10)16/h2-6,19H,1H3,(H,18,20). The molecule has 0 fully saturated rings. The van der Waals surface area contributed by atoms with Crippen LogP contribution in [0.1, 0.15) is 15.9 Å². The second-order valence-electron chi connectivity index (χ2n) is 4.21. The highest BCUT2D eigenvalue weighted by Gasteiger charge is 2.15. The monoisotopic (exact) mass is 461 g/mol. The van der Waals surface area contributed by atoms with Gasteiger partial charge in [-0.05, 0) is 72.9 Å². The number of amides is 1. The molecule has 2 aromatic rings. The van der Waals surface area contributed by atoms with Crippen molar-refractivity contribution in [3.63, 3.8) is 0 Å². The van der Waals surface area contributed by atoms with E-state index in [0.29, 0.717) is 24.7 Å². The number of anilines is 1. The van der Waals surface area contributed by atoms with Gasteiger partial charge in [0.2, 0.25) is 0 Å². The molecule has 3 nitrogen and oxygen atoms in total. The van der Waals surface area contributed by atoms with Gasteiger partial charge in [-0.15, -0.1) is 0 Å². The van der Waals surface area contributed by atoms with Crippen LogP contribution in [-0.4, -0.2) is 11.0 Å². The Hall–Kier alpha value is -0.850. The Balaban J connectivity index is 2.33. The van der Waals surface area contributed by atoms with Crippen molar-refractivity contribution in [2.24, 2.45) is 0 Å². The van der Waals surface area contributed by atoms with Gasteiger partial charge in [0.1, 0.15) is 5.75 Å². The van der Waals surface area contributed by atoms with E-state index in [1.54, 1.807) is 12.1 Å². The molecule has 0 unspecified atom stereocenters. The summed E-state index contributed by atoms with van der Waals surface area (Å²) in [6.07, 6.45) is 0. The largest absolute Gasteiger partial charge is 0.506 e. The highest BCUT2D eigenvalue weighted by molar-refractivity contribution is 9.13. The van der Waals surface area contributed by atoms with Crippen molar-refractivity contribution in [1.82, 2.24) is 0 Å². The van der Waals surface area contributed by atoms with Gasteiger partial charge in [0, 0.05) is 5.56 Å². The van der Waals surface area contributed by atoms with Crippen molar-refractivity contribution >= 4 is 59.4 Å². The van der Waals surface area contributed by atoms with E-state index in [1.807, 2.05) is 25.1 Å². The smallest absolute Gasteiger partial charge is 0.255 e. The van der Waals surface area contributed by atoms with Crippen LogP contribution in [0, 0.1) is 6.92 Å². The SMILES string of the molecule is Cc1cccc(C(=O)Nc2cc(Br)c(O)c(Br)c2Br)c1. The van der Waals surface area contributed by atoms with Crippen molar-refractivity contribution < 1.29 is 9.90 Å². The number of nitrogens with one attached hydrogen (secondary N) is 1. The van der Waals surface area contributed by atoms with E-state index >= 15 is 0 Å². The Morgan fingerprint density at radius 3 is 2.50 bits per heavy atom.